The van der Waals surface area contributed by atoms with Crippen molar-refractivity contribution in [1.29, 1.82) is 0 Å². The minimum atomic E-state index is -0.557. The second-order valence-corrected chi connectivity index (χ2v) is 3.65. The number of carbonyl (C=O) groups excluding carboxylic acids is 2. The molecule has 1 heterocycles. The number of methoxy groups -OCH3 is 1. The predicted molar refractivity (Wildman–Crippen MR) is 67.1 cm³/mol. The summed E-state index contributed by atoms with van der Waals surface area (Å²) in [6, 6.07) is 6.41. The lowest BCUT2D eigenvalue weighted by Crippen LogP contribution is -2.16. The van der Waals surface area contributed by atoms with Gasteiger partial charge in [-0.2, -0.15) is 0 Å². The van der Waals surface area contributed by atoms with E-state index >= 15 is 0 Å². The van der Waals surface area contributed by atoms with Crippen LogP contribution in [0.15, 0.2) is 35.3 Å². The highest BCUT2D eigenvalue weighted by Gasteiger charge is 2.14. The van der Waals surface area contributed by atoms with Crippen LogP contribution in [0.1, 0.15) is 20.8 Å². The topological polar surface area (TPSA) is 104 Å². The lowest BCUT2D eigenvalue weighted by molar-refractivity contribution is 0.0602. The zero-order chi connectivity index (χ0) is 13.8. The van der Waals surface area contributed by atoms with Crippen LogP contribution in [0, 0.1) is 0 Å². The summed E-state index contributed by atoms with van der Waals surface area (Å²) < 4.78 is 4.61. The van der Waals surface area contributed by atoms with Crippen LogP contribution < -0.4 is 11.0 Å². The first-order chi connectivity index (χ1) is 9.11. The number of H-pyrrole nitrogens is 2. The molecular weight excluding hydrogens is 250 g/mol. The highest BCUT2D eigenvalue weighted by molar-refractivity contribution is 6.06. The quantitative estimate of drug-likeness (QED) is 0.709. The molecule has 0 aliphatic carbocycles. The van der Waals surface area contributed by atoms with Crippen LogP contribution in [0.5, 0.6) is 0 Å². The van der Waals surface area contributed by atoms with Crippen LogP contribution in [0.4, 0.5) is 5.69 Å². The minimum Gasteiger partial charge on any atom is -0.465 e. The summed E-state index contributed by atoms with van der Waals surface area (Å²) in [6.45, 7) is 0. The summed E-state index contributed by atoms with van der Waals surface area (Å²) in [4.78, 5) is 38.9. The minimum absolute atomic E-state index is 0.0738. The molecule has 0 aliphatic heterocycles. The molecule has 0 unspecified atom stereocenters. The zero-order valence-corrected chi connectivity index (χ0v) is 10.0. The van der Waals surface area contributed by atoms with E-state index in [1.54, 1.807) is 18.2 Å². The summed E-state index contributed by atoms with van der Waals surface area (Å²) >= 11 is 0. The molecule has 0 bridgehead atoms. The number of esters is 1. The van der Waals surface area contributed by atoms with Gasteiger partial charge in [0.1, 0.15) is 5.69 Å². The van der Waals surface area contributed by atoms with Gasteiger partial charge < -0.3 is 20.0 Å². The molecule has 0 saturated heterocycles. The Balaban J connectivity index is 2.26. The fourth-order valence-corrected chi connectivity index (χ4v) is 1.52. The third kappa shape index (κ3) is 2.71. The lowest BCUT2D eigenvalue weighted by atomic mass is 10.2. The maximum absolute atomic E-state index is 11.8. The standard InChI is InChI=1S/C12H11N3O4/c1-19-11(17)7-4-2-3-5-8(7)14-10(16)9-6-13-12(18)15-9/h2-6H,1H3,(H,14,16)(H2,13,15,18). The molecule has 0 atom stereocenters. The number of aromatic amines is 2. The second kappa shape index (κ2) is 5.21. The maximum Gasteiger partial charge on any atom is 0.339 e. The average molecular weight is 261 g/mol. The number of anilines is 1. The first-order valence-electron chi connectivity index (χ1n) is 5.38. The molecule has 19 heavy (non-hydrogen) atoms. The van der Waals surface area contributed by atoms with Crippen LogP contribution in [0.3, 0.4) is 0 Å². The number of ether oxygens (including phenoxy) is 1. The van der Waals surface area contributed by atoms with E-state index in [1.807, 2.05) is 0 Å². The van der Waals surface area contributed by atoms with Crippen LogP contribution in [-0.2, 0) is 4.74 Å². The van der Waals surface area contributed by atoms with Crippen molar-refractivity contribution in [2.24, 2.45) is 0 Å². The van der Waals surface area contributed by atoms with Gasteiger partial charge in [-0.15, -0.1) is 0 Å². The zero-order valence-electron chi connectivity index (χ0n) is 10.0. The van der Waals surface area contributed by atoms with Crippen LogP contribution in [0.25, 0.3) is 0 Å². The van der Waals surface area contributed by atoms with Gasteiger partial charge >= 0.3 is 11.7 Å². The maximum atomic E-state index is 11.8. The Morgan fingerprint density at radius 1 is 1.26 bits per heavy atom. The molecule has 0 fully saturated rings. The monoisotopic (exact) mass is 261 g/mol. The number of hydrogen-bond donors (Lipinski definition) is 3. The Kier molecular flexibility index (Phi) is 3.46. The number of carbonyl (C=O) groups is 2. The van der Waals surface area contributed by atoms with Crippen LogP contribution in [-0.4, -0.2) is 29.0 Å². The van der Waals surface area contributed by atoms with Crippen LogP contribution in [0.2, 0.25) is 0 Å². The van der Waals surface area contributed by atoms with E-state index < -0.39 is 17.6 Å². The molecule has 7 heteroatoms. The smallest absolute Gasteiger partial charge is 0.339 e. The predicted octanol–water partition coefficient (Wildman–Crippen LogP) is 0.742. The lowest BCUT2D eigenvalue weighted by Gasteiger charge is -2.08. The fourth-order valence-electron chi connectivity index (χ4n) is 1.52. The summed E-state index contributed by atoms with van der Waals surface area (Å²) in [7, 11) is 1.25. The Morgan fingerprint density at radius 2 is 2.00 bits per heavy atom. The summed E-state index contributed by atoms with van der Waals surface area (Å²) in [5.74, 6) is -1.09. The van der Waals surface area contributed by atoms with Crippen molar-refractivity contribution in [3.8, 4) is 0 Å². The number of rotatable bonds is 3. The molecule has 1 aromatic carbocycles. The first kappa shape index (κ1) is 12.6. The van der Waals surface area contributed by atoms with E-state index in [1.165, 1.54) is 19.4 Å². The van der Waals surface area contributed by atoms with Gasteiger partial charge in [0.25, 0.3) is 5.91 Å². The van der Waals surface area contributed by atoms with E-state index in [2.05, 4.69) is 20.0 Å². The average Bonchev–Trinajstić information content (AvgIpc) is 2.85. The molecule has 2 aromatic rings. The van der Waals surface area contributed by atoms with Crippen molar-refractivity contribution < 1.29 is 14.3 Å². The Hall–Kier alpha value is -2.83. The van der Waals surface area contributed by atoms with Gasteiger partial charge in [-0.3, -0.25) is 4.79 Å². The number of amides is 1. The summed E-state index contributed by atoms with van der Waals surface area (Å²) in [5.41, 5.74) is 0.133. The van der Waals surface area contributed by atoms with Gasteiger partial charge in [-0.25, -0.2) is 9.59 Å². The molecule has 7 nitrogen and oxygen atoms in total. The first-order valence-corrected chi connectivity index (χ1v) is 5.38. The number of aromatic nitrogens is 2. The molecule has 2 rings (SSSR count). The van der Waals surface area contributed by atoms with Crippen molar-refractivity contribution in [2.45, 2.75) is 0 Å². The SMILES string of the molecule is COC(=O)c1ccccc1NC(=O)c1c[nH]c(=O)[nH]1. The molecule has 0 aliphatic rings. The molecule has 0 saturated carbocycles. The summed E-state index contributed by atoms with van der Waals surface area (Å²) in [5, 5.41) is 2.53. The van der Waals surface area contributed by atoms with Crippen molar-refractivity contribution in [3.63, 3.8) is 0 Å². The number of hydrogen-bond acceptors (Lipinski definition) is 4. The van der Waals surface area contributed by atoms with Gasteiger partial charge in [-0.05, 0) is 12.1 Å². The summed E-state index contributed by atoms with van der Waals surface area (Å²) in [6.07, 6.45) is 1.25. The van der Waals surface area contributed by atoms with E-state index in [0.29, 0.717) is 5.69 Å². The largest absolute Gasteiger partial charge is 0.465 e. The normalized spacial score (nSPS) is 9.95. The van der Waals surface area contributed by atoms with E-state index in [4.69, 9.17) is 0 Å². The third-order valence-electron chi connectivity index (χ3n) is 2.42. The van der Waals surface area contributed by atoms with Gasteiger partial charge in [0.15, 0.2) is 0 Å². The van der Waals surface area contributed by atoms with Crippen LogP contribution >= 0.6 is 0 Å². The molecule has 3 N–H and O–H groups in total. The van der Waals surface area contributed by atoms with Crippen molar-refractivity contribution in [1.82, 2.24) is 9.97 Å². The number of benzene rings is 1. The van der Waals surface area contributed by atoms with E-state index in [0.717, 1.165) is 0 Å². The number of imidazole rings is 1. The molecule has 0 radical (unpaired) electrons. The van der Waals surface area contributed by atoms with E-state index in [9.17, 15) is 14.4 Å². The Bertz CT molecular complexity index is 671. The Labute approximate surface area is 107 Å². The molecule has 1 aromatic heterocycles. The second-order valence-electron chi connectivity index (χ2n) is 3.65. The van der Waals surface area contributed by atoms with Crippen molar-refractivity contribution in [2.75, 3.05) is 12.4 Å². The molecule has 1 amide bonds. The van der Waals surface area contributed by atoms with Gasteiger partial charge in [-0.1, -0.05) is 12.1 Å². The fraction of sp³-hybridized carbons (Fsp3) is 0.0833. The molecular formula is C12H11N3O4. The van der Waals surface area contributed by atoms with Crippen molar-refractivity contribution in [3.05, 3.63) is 52.2 Å². The van der Waals surface area contributed by atoms with Gasteiger partial charge in [0.05, 0.1) is 18.4 Å². The van der Waals surface area contributed by atoms with E-state index in [-0.39, 0.29) is 11.3 Å². The number of para-hydroxylation sites is 1. The Morgan fingerprint density at radius 3 is 2.63 bits per heavy atom. The molecule has 98 valence electrons. The molecule has 0 spiro atoms. The highest BCUT2D eigenvalue weighted by Crippen LogP contribution is 2.16. The highest BCUT2D eigenvalue weighted by atomic mass is 16.5. The number of nitrogens with one attached hydrogen (secondary N) is 3. The van der Waals surface area contributed by atoms with Gasteiger partial charge in [0, 0.05) is 6.20 Å². The van der Waals surface area contributed by atoms with Gasteiger partial charge in [0.2, 0.25) is 0 Å². The van der Waals surface area contributed by atoms with Crippen molar-refractivity contribution >= 4 is 17.6 Å². The third-order valence-corrected chi connectivity index (χ3v) is 2.42.